The molecule has 0 amide bonds. The van der Waals surface area contributed by atoms with Gasteiger partial charge >= 0.3 is 5.69 Å². The molecule has 0 spiro atoms. The van der Waals surface area contributed by atoms with Gasteiger partial charge in [0.15, 0.2) is 11.2 Å². The van der Waals surface area contributed by atoms with Crippen LogP contribution in [-0.4, -0.2) is 32.4 Å². The number of methoxy groups -OCH3 is 1. The molecule has 0 saturated heterocycles. The van der Waals surface area contributed by atoms with Crippen molar-refractivity contribution in [1.82, 2.24) is 18.7 Å². The maximum absolute atomic E-state index is 12.1. The molecule has 0 radical (unpaired) electrons. The Morgan fingerprint density at radius 1 is 1.28 bits per heavy atom. The summed E-state index contributed by atoms with van der Waals surface area (Å²) in [6.07, 6.45) is 0. The molecule has 7 nitrogen and oxygen atoms in total. The van der Waals surface area contributed by atoms with Gasteiger partial charge in [0.2, 0.25) is 5.28 Å². The number of fused-ring (bicyclic) bond motifs is 1. The fourth-order valence-corrected chi connectivity index (χ4v) is 2.06. The van der Waals surface area contributed by atoms with Gasteiger partial charge in [0, 0.05) is 27.7 Å². The number of halogens is 1. The van der Waals surface area contributed by atoms with E-state index in [0.717, 1.165) is 4.57 Å². The van der Waals surface area contributed by atoms with Gasteiger partial charge in [-0.3, -0.25) is 13.9 Å². The van der Waals surface area contributed by atoms with Crippen LogP contribution in [0.1, 0.15) is 0 Å². The summed E-state index contributed by atoms with van der Waals surface area (Å²) in [6.45, 7) is 0.802. The van der Waals surface area contributed by atoms with Crippen LogP contribution in [0.3, 0.4) is 0 Å². The minimum absolute atomic E-state index is 0.167. The molecule has 0 aliphatic carbocycles. The molecule has 2 rings (SSSR count). The average Bonchev–Trinajstić information content (AvgIpc) is 2.68. The van der Waals surface area contributed by atoms with Gasteiger partial charge < -0.3 is 9.30 Å². The molecule has 2 aromatic rings. The molecule has 0 aliphatic rings. The van der Waals surface area contributed by atoms with E-state index in [1.165, 1.54) is 11.6 Å². The molecule has 0 atom stereocenters. The molecule has 0 saturated carbocycles. The zero-order valence-corrected chi connectivity index (χ0v) is 11.1. The van der Waals surface area contributed by atoms with Crippen molar-refractivity contribution < 1.29 is 4.74 Å². The molecule has 0 aliphatic heterocycles. The van der Waals surface area contributed by atoms with Crippen molar-refractivity contribution in [2.75, 3.05) is 13.7 Å². The molecule has 0 unspecified atom stereocenters. The van der Waals surface area contributed by atoms with Crippen LogP contribution in [0.25, 0.3) is 11.2 Å². The molecular weight excluding hydrogens is 260 g/mol. The first-order chi connectivity index (χ1) is 8.49. The standard InChI is InChI=1S/C10H13ClN4O3/c1-13-7-6(8(16)14(2)10(13)17)15(4-5-18-3)9(11)12-7/h4-5H2,1-3H3. The number of hydrogen-bond donors (Lipinski definition) is 0. The fourth-order valence-electron chi connectivity index (χ4n) is 1.81. The van der Waals surface area contributed by atoms with Gasteiger partial charge in [-0.25, -0.2) is 4.79 Å². The van der Waals surface area contributed by atoms with Crippen LogP contribution in [0.5, 0.6) is 0 Å². The summed E-state index contributed by atoms with van der Waals surface area (Å²) in [4.78, 5) is 27.9. The first-order valence-electron chi connectivity index (χ1n) is 5.29. The van der Waals surface area contributed by atoms with Gasteiger partial charge in [-0.15, -0.1) is 0 Å². The van der Waals surface area contributed by atoms with Crippen LogP contribution in [0, 0.1) is 0 Å². The lowest BCUT2D eigenvalue weighted by atomic mass is 10.5. The van der Waals surface area contributed by atoms with Crippen molar-refractivity contribution in [2.24, 2.45) is 14.1 Å². The summed E-state index contributed by atoms with van der Waals surface area (Å²) in [6, 6.07) is 0. The number of hydrogen-bond acceptors (Lipinski definition) is 4. The van der Waals surface area contributed by atoms with E-state index in [0.29, 0.717) is 18.7 Å². The van der Waals surface area contributed by atoms with E-state index in [1.54, 1.807) is 18.7 Å². The predicted octanol–water partition coefficient (Wildman–Crippen LogP) is -0.267. The summed E-state index contributed by atoms with van der Waals surface area (Å²) < 4.78 is 8.83. The van der Waals surface area contributed by atoms with Gasteiger partial charge in [-0.05, 0) is 11.6 Å². The number of ether oxygens (including phenoxy) is 1. The van der Waals surface area contributed by atoms with Crippen molar-refractivity contribution in [3.8, 4) is 0 Å². The third-order valence-corrected chi connectivity index (χ3v) is 3.11. The zero-order chi connectivity index (χ0) is 13.4. The molecule has 0 bridgehead atoms. The molecule has 8 heteroatoms. The van der Waals surface area contributed by atoms with Gasteiger partial charge in [-0.2, -0.15) is 4.98 Å². The quantitative estimate of drug-likeness (QED) is 0.722. The maximum atomic E-state index is 12.1. The Morgan fingerprint density at radius 2 is 1.94 bits per heavy atom. The third-order valence-electron chi connectivity index (χ3n) is 2.82. The average molecular weight is 273 g/mol. The van der Waals surface area contributed by atoms with Crippen LogP contribution in [-0.2, 0) is 25.4 Å². The van der Waals surface area contributed by atoms with Crippen molar-refractivity contribution >= 4 is 22.8 Å². The van der Waals surface area contributed by atoms with Gasteiger partial charge in [-0.1, -0.05) is 0 Å². The minimum atomic E-state index is -0.430. The van der Waals surface area contributed by atoms with Crippen LogP contribution in [0.15, 0.2) is 9.59 Å². The lowest BCUT2D eigenvalue weighted by Crippen LogP contribution is -2.37. The largest absolute Gasteiger partial charge is 0.383 e. The van der Waals surface area contributed by atoms with Crippen LogP contribution in [0.4, 0.5) is 0 Å². The topological polar surface area (TPSA) is 71.1 Å². The Bertz CT molecular complexity index is 712. The van der Waals surface area contributed by atoms with Crippen molar-refractivity contribution in [2.45, 2.75) is 6.54 Å². The van der Waals surface area contributed by atoms with Crippen LogP contribution >= 0.6 is 11.6 Å². The van der Waals surface area contributed by atoms with Crippen molar-refractivity contribution in [3.63, 3.8) is 0 Å². The third kappa shape index (κ3) is 1.75. The minimum Gasteiger partial charge on any atom is -0.383 e. The number of imidazole rings is 1. The van der Waals surface area contributed by atoms with E-state index in [9.17, 15) is 9.59 Å². The normalized spacial score (nSPS) is 11.3. The van der Waals surface area contributed by atoms with E-state index in [1.807, 2.05) is 0 Å². The van der Waals surface area contributed by atoms with Gasteiger partial charge in [0.1, 0.15) is 0 Å². The summed E-state index contributed by atoms with van der Waals surface area (Å²) >= 11 is 5.98. The smallest absolute Gasteiger partial charge is 0.332 e. The second kappa shape index (κ2) is 4.58. The molecule has 98 valence electrons. The van der Waals surface area contributed by atoms with Crippen molar-refractivity contribution in [3.05, 3.63) is 26.1 Å². The second-order valence-electron chi connectivity index (χ2n) is 3.90. The van der Waals surface area contributed by atoms with E-state index >= 15 is 0 Å². The molecule has 0 aromatic carbocycles. The molecule has 0 fully saturated rings. The Kier molecular flexibility index (Phi) is 3.27. The van der Waals surface area contributed by atoms with Gasteiger partial charge in [0.25, 0.3) is 5.56 Å². The Balaban J connectivity index is 2.86. The van der Waals surface area contributed by atoms with E-state index in [2.05, 4.69) is 4.98 Å². The highest BCUT2D eigenvalue weighted by molar-refractivity contribution is 6.29. The second-order valence-corrected chi connectivity index (χ2v) is 4.24. The number of nitrogens with zero attached hydrogens (tertiary/aromatic N) is 4. The summed E-state index contributed by atoms with van der Waals surface area (Å²) in [5, 5.41) is 0.167. The zero-order valence-electron chi connectivity index (χ0n) is 10.3. The Labute approximate surface area is 107 Å². The van der Waals surface area contributed by atoms with Crippen molar-refractivity contribution in [1.29, 1.82) is 0 Å². The molecular formula is C10H13ClN4O3. The molecule has 2 aromatic heterocycles. The Morgan fingerprint density at radius 3 is 2.56 bits per heavy atom. The van der Waals surface area contributed by atoms with E-state index in [4.69, 9.17) is 16.3 Å². The highest BCUT2D eigenvalue weighted by Crippen LogP contribution is 2.14. The molecule has 18 heavy (non-hydrogen) atoms. The Hall–Kier alpha value is -1.60. The first-order valence-corrected chi connectivity index (χ1v) is 5.67. The van der Waals surface area contributed by atoms with E-state index in [-0.39, 0.29) is 10.9 Å². The monoisotopic (exact) mass is 272 g/mol. The SMILES string of the molecule is COCCn1c(Cl)nc2c1c(=O)n(C)c(=O)n2C. The highest BCUT2D eigenvalue weighted by Gasteiger charge is 2.17. The number of aromatic nitrogens is 4. The maximum Gasteiger partial charge on any atom is 0.332 e. The molecule has 2 heterocycles. The summed E-state index contributed by atoms with van der Waals surface area (Å²) in [7, 11) is 4.53. The van der Waals surface area contributed by atoms with Crippen LogP contribution < -0.4 is 11.2 Å². The lowest BCUT2D eigenvalue weighted by Gasteiger charge is -2.06. The highest BCUT2D eigenvalue weighted by atomic mass is 35.5. The molecule has 0 N–H and O–H groups in total. The van der Waals surface area contributed by atoms with E-state index < -0.39 is 11.2 Å². The number of aryl methyl sites for hydroxylation is 1. The summed E-state index contributed by atoms with van der Waals surface area (Å²) in [5.74, 6) is 0. The number of rotatable bonds is 3. The summed E-state index contributed by atoms with van der Waals surface area (Å²) in [5.41, 5.74) is -0.255. The fraction of sp³-hybridized carbons (Fsp3) is 0.500. The lowest BCUT2D eigenvalue weighted by molar-refractivity contribution is 0.188. The predicted molar refractivity (Wildman–Crippen MR) is 67.1 cm³/mol. The first kappa shape index (κ1) is 12.8. The van der Waals surface area contributed by atoms with Gasteiger partial charge in [0.05, 0.1) is 6.61 Å². The van der Waals surface area contributed by atoms with Crippen LogP contribution in [0.2, 0.25) is 5.28 Å².